The number of ketones is 1. The van der Waals surface area contributed by atoms with E-state index in [-0.39, 0.29) is 5.25 Å². The van der Waals surface area contributed by atoms with Crippen molar-refractivity contribution in [2.45, 2.75) is 25.5 Å². The van der Waals surface area contributed by atoms with Crippen LogP contribution >= 0.6 is 11.8 Å². The van der Waals surface area contributed by atoms with Crippen LogP contribution in [0.2, 0.25) is 0 Å². The Kier molecular flexibility index (Phi) is 1.96. The molecular weight excluding hydrogens is 132 g/mol. The molecule has 1 atom stereocenters. The second kappa shape index (κ2) is 2.56. The molecule has 0 aromatic rings. The van der Waals surface area contributed by atoms with E-state index in [1.807, 2.05) is 0 Å². The van der Waals surface area contributed by atoms with Crippen molar-refractivity contribution in [2.24, 2.45) is 0 Å². The fraction of sp³-hybridized carbons (Fsp3) is 0.571. The van der Waals surface area contributed by atoms with Gasteiger partial charge in [-0.25, -0.2) is 0 Å². The Hall–Kier alpha value is -0.240. The van der Waals surface area contributed by atoms with Gasteiger partial charge in [0.2, 0.25) is 0 Å². The minimum atomic E-state index is 0.227. The summed E-state index contributed by atoms with van der Waals surface area (Å²) in [7, 11) is 0. The van der Waals surface area contributed by atoms with Gasteiger partial charge in [0.25, 0.3) is 0 Å². The summed E-state index contributed by atoms with van der Waals surface area (Å²) in [6.45, 7) is 3.72. The largest absolute Gasteiger partial charge is 0.299 e. The van der Waals surface area contributed by atoms with Crippen LogP contribution in [0, 0.1) is 0 Å². The number of carbonyl (C=O) groups is 1. The molecule has 0 fully saturated rings. The molecule has 50 valence electrons. The van der Waals surface area contributed by atoms with Crippen molar-refractivity contribution in [3.05, 3.63) is 11.0 Å². The van der Waals surface area contributed by atoms with Crippen LogP contribution in [0.25, 0.3) is 0 Å². The lowest BCUT2D eigenvalue weighted by Crippen LogP contribution is -2.09. The van der Waals surface area contributed by atoms with Gasteiger partial charge in [0.05, 0.1) is 5.25 Å². The molecule has 0 aromatic carbocycles. The van der Waals surface area contributed by atoms with Crippen LogP contribution < -0.4 is 0 Å². The lowest BCUT2D eigenvalue weighted by atomic mass is 10.1. The van der Waals surface area contributed by atoms with Crippen LogP contribution in [0.3, 0.4) is 0 Å². The SMILES string of the molecule is CC(=O)C1CC(C)=CS1. The molecule has 0 N–H and O–H groups in total. The summed E-state index contributed by atoms with van der Waals surface area (Å²) in [5, 5.41) is 2.30. The van der Waals surface area contributed by atoms with Gasteiger partial charge in [-0.05, 0) is 25.7 Å². The molecule has 1 aliphatic rings. The summed E-state index contributed by atoms with van der Waals surface area (Å²) in [6.07, 6.45) is 0.958. The predicted molar refractivity (Wildman–Crippen MR) is 40.4 cm³/mol. The Morgan fingerprint density at radius 2 is 2.56 bits per heavy atom. The molecule has 0 aromatic heterocycles. The molecule has 0 saturated heterocycles. The standard InChI is InChI=1S/C7H10OS/c1-5-3-7(6(2)8)9-4-5/h4,7H,3H2,1-2H3. The molecule has 0 amide bonds. The molecule has 1 rings (SSSR count). The lowest BCUT2D eigenvalue weighted by molar-refractivity contribution is -0.116. The highest BCUT2D eigenvalue weighted by atomic mass is 32.2. The minimum absolute atomic E-state index is 0.227. The van der Waals surface area contributed by atoms with Gasteiger partial charge in [0.1, 0.15) is 5.78 Å². The molecule has 0 spiro atoms. The first-order chi connectivity index (χ1) is 4.20. The van der Waals surface area contributed by atoms with Crippen molar-refractivity contribution in [1.82, 2.24) is 0 Å². The maximum Gasteiger partial charge on any atom is 0.143 e. The third-order valence-electron chi connectivity index (χ3n) is 1.39. The van der Waals surface area contributed by atoms with E-state index in [0.717, 1.165) is 6.42 Å². The number of Topliss-reactive ketones (excluding diaryl/α,β-unsaturated/α-hetero) is 1. The van der Waals surface area contributed by atoms with Gasteiger partial charge >= 0.3 is 0 Å². The molecule has 0 bridgehead atoms. The second-order valence-corrected chi connectivity index (χ2v) is 3.48. The third kappa shape index (κ3) is 1.58. The monoisotopic (exact) mass is 142 g/mol. The average Bonchev–Trinajstić information content (AvgIpc) is 2.14. The number of rotatable bonds is 1. The first kappa shape index (κ1) is 6.87. The Morgan fingerprint density at radius 1 is 1.89 bits per heavy atom. The number of thioether (sulfide) groups is 1. The maximum atomic E-state index is 10.7. The van der Waals surface area contributed by atoms with Gasteiger partial charge in [-0.15, -0.1) is 11.8 Å². The number of carbonyl (C=O) groups excluding carboxylic acids is 1. The van der Waals surface area contributed by atoms with Gasteiger partial charge < -0.3 is 0 Å². The number of allylic oxidation sites excluding steroid dienone is 1. The zero-order valence-electron chi connectivity index (χ0n) is 5.68. The van der Waals surface area contributed by atoms with Crippen LogP contribution in [-0.2, 0) is 4.79 Å². The minimum Gasteiger partial charge on any atom is -0.299 e. The van der Waals surface area contributed by atoms with Crippen molar-refractivity contribution in [3.8, 4) is 0 Å². The van der Waals surface area contributed by atoms with Crippen molar-refractivity contribution >= 4 is 17.5 Å². The fourth-order valence-electron chi connectivity index (χ4n) is 0.826. The fourth-order valence-corrected chi connectivity index (χ4v) is 1.87. The second-order valence-electron chi connectivity index (χ2n) is 2.40. The van der Waals surface area contributed by atoms with Gasteiger partial charge in [0, 0.05) is 0 Å². The normalized spacial score (nSPS) is 26.0. The lowest BCUT2D eigenvalue weighted by Gasteiger charge is -2.00. The third-order valence-corrected chi connectivity index (χ3v) is 2.76. The van der Waals surface area contributed by atoms with Crippen LogP contribution in [0.15, 0.2) is 11.0 Å². The Morgan fingerprint density at radius 3 is 2.78 bits per heavy atom. The number of hydrogen-bond acceptors (Lipinski definition) is 2. The summed E-state index contributed by atoms with van der Waals surface area (Å²) in [6, 6.07) is 0. The average molecular weight is 142 g/mol. The van der Waals surface area contributed by atoms with E-state index in [1.165, 1.54) is 5.57 Å². The highest BCUT2D eigenvalue weighted by Crippen LogP contribution is 2.29. The molecule has 2 heteroatoms. The van der Waals surface area contributed by atoms with E-state index in [1.54, 1.807) is 18.7 Å². The molecule has 0 saturated carbocycles. The van der Waals surface area contributed by atoms with Crippen molar-refractivity contribution in [3.63, 3.8) is 0 Å². The summed E-state index contributed by atoms with van der Waals surface area (Å²) in [5.41, 5.74) is 1.33. The van der Waals surface area contributed by atoms with Crippen LogP contribution in [0.1, 0.15) is 20.3 Å². The van der Waals surface area contributed by atoms with Crippen molar-refractivity contribution < 1.29 is 4.79 Å². The molecule has 1 heterocycles. The molecule has 0 radical (unpaired) electrons. The van der Waals surface area contributed by atoms with E-state index in [0.29, 0.717) is 5.78 Å². The highest BCUT2D eigenvalue weighted by molar-refractivity contribution is 8.03. The molecule has 1 unspecified atom stereocenters. The highest BCUT2D eigenvalue weighted by Gasteiger charge is 2.18. The first-order valence-electron chi connectivity index (χ1n) is 3.01. The molecule has 0 aliphatic carbocycles. The van der Waals surface area contributed by atoms with E-state index < -0.39 is 0 Å². The molecule has 1 nitrogen and oxygen atoms in total. The summed E-state index contributed by atoms with van der Waals surface area (Å²) in [5.74, 6) is 0.299. The molecule has 9 heavy (non-hydrogen) atoms. The van der Waals surface area contributed by atoms with Gasteiger partial charge in [-0.2, -0.15) is 0 Å². The topological polar surface area (TPSA) is 17.1 Å². The molecular formula is C7H10OS. The van der Waals surface area contributed by atoms with E-state index in [2.05, 4.69) is 12.3 Å². The van der Waals surface area contributed by atoms with Gasteiger partial charge in [-0.1, -0.05) is 5.57 Å². The van der Waals surface area contributed by atoms with Crippen molar-refractivity contribution in [2.75, 3.05) is 0 Å². The summed E-state index contributed by atoms with van der Waals surface area (Å²) in [4.78, 5) is 10.7. The Bertz CT molecular complexity index is 160. The quantitative estimate of drug-likeness (QED) is 0.557. The molecule has 1 aliphatic heterocycles. The van der Waals surface area contributed by atoms with Gasteiger partial charge in [0.15, 0.2) is 0 Å². The van der Waals surface area contributed by atoms with Gasteiger partial charge in [-0.3, -0.25) is 4.79 Å². The van der Waals surface area contributed by atoms with Crippen LogP contribution in [0.4, 0.5) is 0 Å². The van der Waals surface area contributed by atoms with E-state index in [4.69, 9.17) is 0 Å². The van der Waals surface area contributed by atoms with E-state index >= 15 is 0 Å². The zero-order chi connectivity index (χ0) is 6.85. The summed E-state index contributed by atoms with van der Waals surface area (Å²) >= 11 is 1.65. The summed E-state index contributed by atoms with van der Waals surface area (Å²) < 4.78 is 0. The first-order valence-corrected chi connectivity index (χ1v) is 3.96. The van der Waals surface area contributed by atoms with Crippen molar-refractivity contribution in [1.29, 1.82) is 0 Å². The van der Waals surface area contributed by atoms with Crippen LogP contribution in [-0.4, -0.2) is 11.0 Å². The maximum absolute atomic E-state index is 10.7. The predicted octanol–water partition coefficient (Wildman–Crippen LogP) is 1.98. The van der Waals surface area contributed by atoms with Crippen LogP contribution in [0.5, 0.6) is 0 Å². The zero-order valence-corrected chi connectivity index (χ0v) is 6.49. The van der Waals surface area contributed by atoms with E-state index in [9.17, 15) is 4.79 Å². The Balaban J connectivity index is 2.47. The Labute approximate surface area is 59.5 Å². The number of hydrogen-bond donors (Lipinski definition) is 0. The smallest absolute Gasteiger partial charge is 0.143 e.